The Hall–Kier alpha value is -1.99. The first kappa shape index (κ1) is 16.9. The molecule has 2 fully saturated rings. The molecule has 1 aromatic carbocycles. The standard InChI is InChI=1S/C16H18ClNO6/c1-22-11-6-12(23-2)8(5-7(11)17)18-15(19)13-9-3-4-10(24-9)14(13)16(20)21/h5-6,9-10,13-14H,3-4H2,1-2H3,(H,18,19)(H,20,21)/t9-,10-,13+,14-/m1/s1. The van der Waals surface area contributed by atoms with Crippen molar-refractivity contribution >= 4 is 29.2 Å². The molecular weight excluding hydrogens is 338 g/mol. The first-order valence-electron chi connectivity index (χ1n) is 7.57. The number of rotatable bonds is 5. The highest BCUT2D eigenvalue weighted by Gasteiger charge is 2.55. The van der Waals surface area contributed by atoms with E-state index >= 15 is 0 Å². The summed E-state index contributed by atoms with van der Waals surface area (Å²) in [4.78, 5) is 24.2. The van der Waals surface area contributed by atoms with Crippen molar-refractivity contribution < 1.29 is 28.9 Å². The number of hydrogen-bond acceptors (Lipinski definition) is 5. The van der Waals surface area contributed by atoms with Crippen LogP contribution < -0.4 is 14.8 Å². The van der Waals surface area contributed by atoms with Gasteiger partial charge in [-0.3, -0.25) is 9.59 Å². The quantitative estimate of drug-likeness (QED) is 0.840. The van der Waals surface area contributed by atoms with Crippen LogP contribution in [0.5, 0.6) is 11.5 Å². The number of methoxy groups -OCH3 is 2. The molecule has 130 valence electrons. The molecule has 2 bridgehead atoms. The van der Waals surface area contributed by atoms with Gasteiger partial charge in [0.1, 0.15) is 11.5 Å². The summed E-state index contributed by atoms with van der Waals surface area (Å²) in [5.41, 5.74) is 0.361. The summed E-state index contributed by atoms with van der Waals surface area (Å²) in [5.74, 6) is -2.19. The van der Waals surface area contributed by atoms with Gasteiger partial charge in [0.2, 0.25) is 5.91 Å². The summed E-state index contributed by atoms with van der Waals surface area (Å²) < 4.78 is 16.0. The maximum atomic E-state index is 12.7. The van der Waals surface area contributed by atoms with Gasteiger partial charge in [0, 0.05) is 6.07 Å². The number of hydrogen-bond donors (Lipinski definition) is 2. The zero-order valence-corrected chi connectivity index (χ0v) is 14.0. The van der Waals surface area contributed by atoms with Crippen molar-refractivity contribution in [2.24, 2.45) is 11.8 Å². The van der Waals surface area contributed by atoms with Crippen LogP contribution in [-0.2, 0) is 14.3 Å². The fraction of sp³-hybridized carbons (Fsp3) is 0.500. The minimum absolute atomic E-state index is 0.313. The molecule has 2 saturated heterocycles. The van der Waals surface area contributed by atoms with Gasteiger partial charge in [-0.2, -0.15) is 0 Å². The van der Waals surface area contributed by atoms with Crippen LogP contribution in [0.2, 0.25) is 5.02 Å². The Kier molecular flexibility index (Phi) is 4.56. The number of benzene rings is 1. The van der Waals surface area contributed by atoms with Crippen molar-refractivity contribution in [3.8, 4) is 11.5 Å². The molecule has 0 unspecified atom stereocenters. The maximum Gasteiger partial charge on any atom is 0.310 e. The van der Waals surface area contributed by atoms with Gasteiger partial charge >= 0.3 is 5.97 Å². The predicted molar refractivity (Wildman–Crippen MR) is 85.7 cm³/mol. The summed E-state index contributed by atoms with van der Waals surface area (Å²) in [6.07, 6.45) is 0.594. The van der Waals surface area contributed by atoms with E-state index in [1.165, 1.54) is 20.3 Å². The van der Waals surface area contributed by atoms with E-state index < -0.39 is 29.8 Å². The van der Waals surface area contributed by atoms with E-state index in [4.69, 9.17) is 25.8 Å². The summed E-state index contributed by atoms with van der Waals surface area (Å²) in [7, 11) is 2.93. The lowest BCUT2D eigenvalue weighted by atomic mass is 9.78. The smallest absolute Gasteiger partial charge is 0.310 e. The van der Waals surface area contributed by atoms with Gasteiger partial charge in [0.05, 0.1) is 49.0 Å². The molecule has 7 nitrogen and oxygen atoms in total. The molecule has 1 aromatic rings. The molecule has 0 saturated carbocycles. The molecule has 24 heavy (non-hydrogen) atoms. The van der Waals surface area contributed by atoms with Crippen LogP contribution in [0.3, 0.4) is 0 Å². The van der Waals surface area contributed by atoms with Crippen molar-refractivity contribution in [3.05, 3.63) is 17.2 Å². The first-order valence-corrected chi connectivity index (χ1v) is 7.94. The fourth-order valence-electron chi connectivity index (χ4n) is 3.50. The van der Waals surface area contributed by atoms with Gasteiger partial charge in [0.25, 0.3) is 0 Å². The first-order chi connectivity index (χ1) is 11.5. The van der Waals surface area contributed by atoms with E-state index in [1.807, 2.05) is 0 Å². The topological polar surface area (TPSA) is 94.1 Å². The highest BCUT2D eigenvalue weighted by atomic mass is 35.5. The number of carboxylic acids is 1. The van der Waals surface area contributed by atoms with E-state index in [-0.39, 0.29) is 6.10 Å². The summed E-state index contributed by atoms with van der Waals surface area (Å²) in [5, 5.41) is 12.4. The third kappa shape index (κ3) is 2.78. The van der Waals surface area contributed by atoms with Gasteiger partial charge < -0.3 is 24.6 Å². The number of carbonyl (C=O) groups excluding carboxylic acids is 1. The number of carboxylic acid groups (broad SMARTS) is 1. The van der Waals surface area contributed by atoms with Crippen LogP contribution >= 0.6 is 11.6 Å². The Morgan fingerprint density at radius 3 is 2.38 bits per heavy atom. The Labute approximate surface area is 143 Å². The van der Waals surface area contributed by atoms with Crippen molar-refractivity contribution in [2.45, 2.75) is 25.0 Å². The minimum Gasteiger partial charge on any atom is -0.495 e. The molecule has 1 amide bonds. The lowest BCUT2D eigenvalue weighted by Gasteiger charge is -2.24. The second kappa shape index (κ2) is 6.49. The Balaban J connectivity index is 1.84. The van der Waals surface area contributed by atoms with Crippen LogP contribution in [0.15, 0.2) is 12.1 Å². The van der Waals surface area contributed by atoms with E-state index in [1.54, 1.807) is 6.07 Å². The van der Waals surface area contributed by atoms with E-state index in [0.717, 1.165) is 0 Å². The molecule has 0 aromatic heterocycles. The Morgan fingerprint density at radius 2 is 1.79 bits per heavy atom. The minimum atomic E-state index is -1.01. The summed E-state index contributed by atoms with van der Waals surface area (Å²) in [6.45, 7) is 0. The number of aliphatic carboxylic acids is 1. The van der Waals surface area contributed by atoms with Crippen molar-refractivity contribution in [1.29, 1.82) is 0 Å². The van der Waals surface area contributed by atoms with Gasteiger partial charge in [-0.25, -0.2) is 0 Å². The number of ether oxygens (including phenoxy) is 3. The van der Waals surface area contributed by atoms with Crippen molar-refractivity contribution in [2.75, 3.05) is 19.5 Å². The SMILES string of the molecule is COc1cc(OC)c(NC(=O)[C@@H]2[C@H](C(=O)O)[C@H]3CC[C@H]2O3)cc1Cl. The fourth-order valence-corrected chi connectivity index (χ4v) is 3.74. The lowest BCUT2D eigenvalue weighted by molar-refractivity contribution is -0.147. The van der Waals surface area contributed by atoms with Crippen molar-refractivity contribution in [1.82, 2.24) is 0 Å². The molecule has 2 aliphatic heterocycles. The summed E-state index contributed by atoms with van der Waals surface area (Å²) in [6, 6.07) is 3.07. The molecule has 2 N–H and O–H groups in total. The lowest BCUT2D eigenvalue weighted by Crippen LogP contribution is -2.41. The normalized spacial score (nSPS) is 27.8. The second-order valence-electron chi connectivity index (χ2n) is 5.86. The van der Waals surface area contributed by atoms with Crippen LogP contribution in [0.1, 0.15) is 12.8 Å². The molecule has 2 aliphatic rings. The van der Waals surface area contributed by atoms with Crippen LogP contribution in [0.4, 0.5) is 5.69 Å². The zero-order chi connectivity index (χ0) is 17.4. The number of anilines is 1. The van der Waals surface area contributed by atoms with E-state index in [0.29, 0.717) is 35.1 Å². The number of halogens is 1. The second-order valence-corrected chi connectivity index (χ2v) is 6.26. The number of nitrogens with one attached hydrogen (secondary N) is 1. The number of carbonyl (C=O) groups is 2. The van der Waals surface area contributed by atoms with E-state index in [2.05, 4.69) is 5.32 Å². The van der Waals surface area contributed by atoms with Crippen LogP contribution in [-0.4, -0.2) is 43.4 Å². The monoisotopic (exact) mass is 355 g/mol. The predicted octanol–water partition coefficient (Wildman–Crippen LogP) is 2.17. The largest absolute Gasteiger partial charge is 0.495 e. The van der Waals surface area contributed by atoms with Gasteiger partial charge in [0.15, 0.2) is 0 Å². The average Bonchev–Trinajstić information content (AvgIpc) is 3.16. The van der Waals surface area contributed by atoms with Crippen LogP contribution in [0.25, 0.3) is 0 Å². The number of amides is 1. The van der Waals surface area contributed by atoms with Gasteiger partial charge in [-0.1, -0.05) is 11.6 Å². The third-order valence-electron chi connectivity index (χ3n) is 4.59. The third-order valence-corrected chi connectivity index (χ3v) is 4.89. The molecule has 3 rings (SSSR count). The van der Waals surface area contributed by atoms with Gasteiger partial charge in [-0.05, 0) is 18.9 Å². The Morgan fingerprint density at radius 1 is 1.17 bits per heavy atom. The molecular formula is C16H18ClNO6. The number of fused-ring (bicyclic) bond motifs is 2. The summed E-state index contributed by atoms with van der Waals surface area (Å²) >= 11 is 6.09. The highest BCUT2D eigenvalue weighted by Crippen LogP contribution is 2.44. The molecule has 0 spiro atoms. The van der Waals surface area contributed by atoms with Crippen LogP contribution in [0, 0.1) is 11.8 Å². The maximum absolute atomic E-state index is 12.7. The average molecular weight is 356 g/mol. The van der Waals surface area contributed by atoms with Gasteiger partial charge in [-0.15, -0.1) is 0 Å². The molecule has 2 heterocycles. The Bertz CT molecular complexity index is 679. The molecule has 4 atom stereocenters. The molecule has 0 radical (unpaired) electrons. The van der Waals surface area contributed by atoms with E-state index in [9.17, 15) is 14.7 Å². The van der Waals surface area contributed by atoms with Crippen molar-refractivity contribution in [3.63, 3.8) is 0 Å². The molecule has 8 heteroatoms. The molecule has 0 aliphatic carbocycles. The zero-order valence-electron chi connectivity index (χ0n) is 13.2. The highest BCUT2D eigenvalue weighted by molar-refractivity contribution is 6.32.